The number of aromatic amines is 1. The van der Waals surface area contributed by atoms with Crippen molar-refractivity contribution >= 4 is 38.5 Å². The van der Waals surface area contributed by atoms with Gasteiger partial charge in [-0.05, 0) is 51.0 Å². The van der Waals surface area contributed by atoms with Crippen molar-refractivity contribution in [1.29, 1.82) is 0 Å². The number of carbonyl (C=O) groups excluding carboxylic acids is 3. The molecule has 12 nitrogen and oxygen atoms in total. The van der Waals surface area contributed by atoms with E-state index in [2.05, 4.69) is 15.3 Å². The van der Waals surface area contributed by atoms with Crippen LogP contribution in [-0.4, -0.2) is 78.9 Å². The van der Waals surface area contributed by atoms with Gasteiger partial charge in [-0.15, -0.1) is 0 Å². The highest BCUT2D eigenvalue weighted by Crippen LogP contribution is 2.38. The second-order valence-electron chi connectivity index (χ2n) is 9.96. The van der Waals surface area contributed by atoms with Crippen molar-refractivity contribution in [2.24, 2.45) is 0 Å². The van der Waals surface area contributed by atoms with Crippen LogP contribution in [0.5, 0.6) is 0 Å². The van der Waals surface area contributed by atoms with Crippen LogP contribution in [0.4, 0.5) is 0 Å². The molecule has 2 atom stereocenters. The monoisotopic (exact) mass is 601 g/mol. The zero-order valence-electron chi connectivity index (χ0n) is 22.5. The smallest absolute Gasteiger partial charge is 0.243 e. The van der Waals surface area contributed by atoms with Crippen LogP contribution < -0.4 is 5.32 Å². The molecule has 2 aromatic carbocycles. The Hall–Kier alpha value is -3.56. The van der Waals surface area contributed by atoms with Crippen molar-refractivity contribution in [3.8, 4) is 0 Å². The Morgan fingerprint density at radius 1 is 1.00 bits per heavy atom. The predicted molar refractivity (Wildman–Crippen MR) is 150 cm³/mol. The van der Waals surface area contributed by atoms with Gasteiger partial charge in [-0.3, -0.25) is 14.4 Å². The number of ketones is 2. The molecule has 0 saturated carbocycles. The summed E-state index contributed by atoms with van der Waals surface area (Å²) >= 11 is 0. The molecule has 0 aliphatic carbocycles. The lowest BCUT2D eigenvalue weighted by Crippen LogP contribution is -2.60. The molecule has 2 fully saturated rings. The predicted octanol–water partition coefficient (Wildman–Crippen LogP) is 1.24. The Morgan fingerprint density at radius 3 is 2.07 bits per heavy atom. The number of rotatable bonds is 8. The molecule has 1 spiro atoms. The fraction of sp³-hybridized carbons (Fsp3) is 0.333. The molecular formula is C27H31N5O7S2. The highest BCUT2D eigenvalue weighted by atomic mass is 32.2. The van der Waals surface area contributed by atoms with Crippen molar-refractivity contribution < 1.29 is 32.5 Å². The molecule has 2 saturated heterocycles. The molecular weight excluding hydrogens is 570 g/mol. The van der Waals surface area contributed by atoms with Gasteiger partial charge in [0.2, 0.25) is 15.9 Å². The van der Waals surface area contributed by atoms with Crippen LogP contribution >= 0.6 is 0 Å². The van der Waals surface area contributed by atoms with E-state index in [-0.39, 0.29) is 60.2 Å². The first kappa shape index (κ1) is 30.4. The maximum Gasteiger partial charge on any atom is 0.243 e. The third kappa shape index (κ3) is 5.78. The molecule has 1 amide bonds. The van der Waals surface area contributed by atoms with Gasteiger partial charge in [0.15, 0.2) is 11.6 Å². The summed E-state index contributed by atoms with van der Waals surface area (Å²) in [6, 6.07) is 11.4. The van der Waals surface area contributed by atoms with E-state index in [1.807, 2.05) is 0 Å². The van der Waals surface area contributed by atoms with Crippen LogP contribution in [-0.2, 0) is 32.2 Å². The summed E-state index contributed by atoms with van der Waals surface area (Å²) in [6.45, 7) is 3.04. The van der Waals surface area contributed by atoms with E-state index in [1.54, 1.807) is 34.8 Å². The fourth-order valence-electron chi connectivity index (χ4n) is 5.20. The van der Waals surface area contributed by atoms with E-state index in [0.29, 0.717) is 21.7 Å². The van der Waals surface area contributed by atoms with Gasteiger partial charge in [-0.2, -0.15) is 8.61 Å². The highest BCUT2D eigenvalue weighted by Gasteiger charge is 2.55. The second kappa shape index (κ2) is 11.7. The van der Waals surface area contributed by atoms with Crippen molar-refractivity contribution in [3.05, 3.63) is 77.9 Å². The summed E-state index contributed by atoms with van der Waals surface area (Å²) in [4.78, 5) is 44.2. The van der Waals surface area contributed by atoms with Crippen LogP contribution in [0.2, 0.25) is 0 Å². The van der Waals surface area contributed by atoms with E-state index in [4.69, 9.17) is 0 Å². The van der Waals surface area contributed by atoms with Gasteiger partial charge in [0.05, 0.1) is 16.1 Å². The summed E-state index contributed by atoms with van der Waals surface area (Å²) in [5, 5.41) is 3.04. The second-order valence-corrected chi connectivity index (χ2v) is 13.3. The average Bonchev–Trinajstić information content (AvgIpc) is 3.54. The molecule has 41 heavy (non-hydrogen) atoms. The molecule has 3 heterocycles. The fourth-order valence-corrected chi connectivity index (χ4v) is 8.18. The lowest BCUT2D eigenvalue weighted by Gasteiger charge is -2.43. The number of aromatic nitrogens is 2. The standard InChI is InChI=1S/C27H29N5O6S2.H2O/c1-18(33)20-3-7-23(8-4-20)39(36)32-25(15-22-16-28-17-29-22)26(35)30-27(32)11-13-31(14-12-27)40(37,38)24-9-5-21(6-10-24)19(2)34;/h3-10,16-17,25H,11-15H2,1-2H3,(H,28,29)(H,30,35);1H2. The molecule has 0 radical (unpaired) electrons. The number of hydrogen-bond donors (Lipinski definition) is 2. The van der Waals surface area contributed by atoms with Crippen LogP contribution in [0.1, 0.15) is 53.1 Å². The number of hydrogen-bond acceptors (Lipinski definition) is 7. The highest BCUT2D eigenvalue weighted by molar-refractivity contribution is 7.89. The van der Waals surface area contributed by atoms with Crippen molar-refractivity contribution in [2.45, 2.75) is 54.6 Å². The maximum absolute atomic E-state index is 14.0. The number of H-pyrrole nitrogens is 1. The first-order valence-electron chi connectivity index (χ1n) is 12.7. The average molecular weight is 602 g/mol. The molecule has 1 aromatic heterocycles. The van der Waals surface area contributed by atoms with Crippen LogP contribution in [0, 0.1) is 0 Å². The SMILES string of the molecule is CC(=O)c1ccc(S(=O)N2C(Cc3cnc[nH]3)C(=O)NC23CCN(S(=O)(=O)c2ccc(C(C)=O)cc2)CC3)cc1.O. The van der Waals surface area contributed by atoms with Crippen molar-refractivity contribution in [2.75, 3.05) is 13.1 Å². The molecule has 3 aromatic rings. The summed E-state index contributed by atoms with van der Waals surface area (Å²) in [7, 11) is -5.65. The van der Waals surface area contributed by atoms with Crippen molar-refractivity contribution in [3.63, 3.8) is 0 Å². The van der Waals surface area contributed by atoms with E-state index >= 15 is 0 Å². The van der Waals surface area contributed by atoms with E-state index < -0.39 is 32.7 Å². The number of sulfonamides is 1. The zero-order chi connectivity index (χ0) is 28.7. The normalized spacial score (nSPS) is 19.9. The number of nitrogens with zero attached hydrogens (tertiary/aromatic N) is 3. The molecule has 14 heteroatoms. The molecule has 5 rings (SSSR count). The minimum atomic E-state index is -3.85. The Morgan fingerprint density at radius 2 is 1.56 bits per heavy atom. The van der Waals surface area contributed by atoms with Crippen LogP contribution in [0.3, 0.4) is 0 Å². The van der Waals surface area contributed by atoms with Gasteiger partial charge in [0.1, 0.15) is 22.7 Å². The van der Waals surface area contributed by atoms with Gasteiger partial charge in [0, 0.05) is 42.5 Å². The van der Waals surface area contributed by atoms with Crippen LogP contribution in [0.25, 0.3) is 0 Å². The number of carbonyl (C=O) groups is 3. The maximum atomic E-state index is 14.0. The Labute approximate surface area is 240 Å². The molecule has 0 bridgehead atoms. The number of amides is 1. The first-order chi connectivity index (χ1) is 19.0. The van der Waals surface area contributed by atoms with Crippen LogP contribution in [0.15, 0.2) is 70.8 Å². The van der Waals surface area contributed by atoms with Gasteiger partial charge < -0.3 is 15.8 Å². The first-order valence-corrected chi connectivity index (χ1v) is 15.3. The number of benzene rings is 2. The Kier molecular flexibility index (Phi) is 8.70. The number of Topliss-reactive ketones (excluding diaryl/α,β-unsaturated/α-hetero) is 2. The molecule has 2 aliphatic heterocycles. The Bertz CT molecular complexity index is 1560. The number of imidazole rings is 1. The van der Waals surface area contributed by atoms with Gasteiger partial charge in [0.25, 0.3) is 0 Å². The molecule has 4 N–H and O–H groups in total. The minimum Gasteiger partial charge on any atom is -0.412 e. The van der Waals surface area contributed by atoms with Gasteiger partial charge >= 0.3 is 0 Å². The molecule has 2 aliphatic rings. The summed E-state index contributed by atoms with van der Waals surface area (Å²) in [5.74, 6) is -0.581. The lowest BCUT2D eigenvalue weighted by molar-refractivity contribution is -0.121. The molecule has 218 valence electrons. The largest absolute Gasteiger partial charge is 0.412 e. The van der Waals surface area contributed by atoms with E-state index in [0.717, 1.165) is 0 Å². The number of nitrogens with one attached hydrogen (secondary N) is 2. The third-order valence-electron chi connectivity index (χ3n) is 7.42. The topological polar surface area (TPSA) is 181 Å². The summed E-state index contributed by atoms with van der Waals surface area (Å²) < 4.78 is 43.8. The molecule has 2 unspecified atom stereocenters. The zero-order valence-corrected chi connectivity index (χ0v) is 24.1. The summed E-state index contributed by atoms with van der Waals surface area (Å²) in [6.07, 6.45) is 3.76. The van der Waals surface area contributed by atoms with E-state index in [1.165, 1.54) is 48.7 Å². The van der Waals surface area contributed by atoms with Crippen molar-refractivity contribution in [1.82, 2.24) is 23.9 Å². The quantitative estimate of drug-likeness (QED) is 0.364. The number of piperidine rings is 1. The summed E-state index contributed by atoms with van der Waals surface area (Å²) in [5.41, 5.74) is 0.550. The minimum absolute atomic E-state index is 0. The van der Waals surface area contributed by atoms with E-state index in [9.17, 15) is 27.0 Å². The van der Waals surface area contributed by atoms with Gasteiger partial charge in [-0.1, -0.05) is 24.3 Å². The third-order valence-corrected chi connectivity index (χ3v) is 11.0. The Balaban J connectivity index is 0.00000387. The lowest BCUT2D eigenvalue weighted by atomic mass is 9.99. The van der Waals surface area contributed by atoms with Gasteiger partial charge in [-0.25, -0.2) is 17.6 Å².